The van der Waals surface area contributed by atoms with Gasteiger partial charge in [0.2, 0.25) is 0 Å². The van der Waals surface area contributed by atoms with Crippen molar-refractivity contribution in [3.8, 4) is 0 Å². The minimum atomic E-state index is -3.39. The minimum absolute atomic E-state index is 0.0420. The second kappa shape index (κ2) is 6.76. The fraction of sp³-hybridized carbons (Fsp3) is 0.474. The molecule has 0 saturated heterocycles. The predicted octanol–water partition coefficient (Wildman–Crippen LogP) is 2.09. The molecule has 1 heterocycles. The lowest BCUT2D eigenvalue weighted by Gasteiger charge is -2.43. The summed E-state index contributed by atoms with van der Waals surface area (Å²) in [5.74, 6) is -0.550. The highest BCUT2D eigenvalue weighted by molar-refractivity contribution is 7.90. The summed E-state index contributed by atoms with van der Waals surface area (Å²) in [6.07, 6.45) is 5.43. The van der Waals surface area contributed by atoms with Crippen LogP contribution in [0.3, 0.4) is 0 Å². The first-order chi connectivity index (χ1) is 12.5. The van der Waals surface area contributed by atoms with Crippen molar-refractivity contribution in [3.63, 3.8) is 0 Å². The first-order valence-corrected chi connectivity index (χ1v) is 10.8. The van der Waals surface area contributed by atoms with E-state index >= 15 is 0 Å². The molecule has 27 heavy (non-hydrogen) atoms. The van der Waals surface area contributed by atoms with Gasteiger partial charge in [-0.1, -0.05) is 13.0 Å². The highest BCUT2D eigenvalue weighted by atomic mass is 32.2. The van der Waals surface area contributed by atoms with Crippen LogP contribution in [0.2, 0.25) is 0 Å². The van der Waals surface area contributed by atoms with Crippen LogP contribution in [0.5, 0.6) is 0 Å². The van der Waals surface area contributed by atoms with E-state index in [1.54, 1.807) is 30.5 Å². The van der Waals surface area contributed by atoms with Crippen molar-refractivity contribution >= 4 is 15.8 Å². The van der Waals surface area contributed by atoms with Gasteiger partial charge in [-0.15, -0.1) is 0 Å². The average Bonchev–Trinajstić information content (AvgIpc) is 3.07. The van der Waals surface area contributed by atoms with Gasteiger partial charge < -0.3 is 15.0 Å². The summed E-state index contributed by atoms with van der Waals surface area (Å²) < 4.78 is 31.1. The molecular formula is C19H25N3O4S. The number of fused-ring (bicyclic) bond motifs is 1. The van der Waals surface area contributed by atoms with Crippen molar-refractivity contribution in [1.29, 1.82) is 0 Å². The Morgan fingerprint density at radius 2 is 2.11 bits per heavy atom. The molecule has 1 aromatic carbocycles. The highest BCUT2D eigenvalue weighted by Gasteiger charge is 2.43. The Hall–Kier alpha value is -2.19. The van der Waals surface area contributed by atoms with Crippen LogP contribution in [0.15, 0.2) is 35.6 Å². The third-order valence-electron chi connectivity index (χ3n) is 5.13. The predicted molar refractivity (Wildman–Crippen MR) is 101 cm³/mol. The summed E-state index contributed by atoms with van der Waals surface area (Å²) in [6, 6.07) is 5.03. The van der Waals surface area contributed by atoms with E-state index in [4.69, 9.17) is 10.5 Å². The number of rotatable bonds is 4. The maximum Gasteiger partial charge on any atom is 0.356 e. The second-order valence-corrected chi connectivity index (χ2v) is 9.47. The van der Waals surface area contributed by atoms with Gasteiger partial charge in [-0.2, -0.15) is 0 Å². The lowest BCUT2D eigenvalue weighted by molar-refractivity contribution is 0.0352. The molecule has 2 aromatic rings. The third kappa shape index (κ3) is 3.39. The molecule has 0 saturated carbocycles. The van der Waals surface area contributed by atoms with Crippen molar-refractivity contribution in [2.45, 2.75) is 50.3 Å². The standard InChI is InChI=1S/C19H25N3O4S/c1-12(2)26-18(23)17-10-21-11-22(17)19(20)13(3)5-6-14-7-8-15(9-16(14)19)27(4,24)25/h7-13H,5-6,20H2,1-4H3. The molecule has 146 valence electrons. The molecule has 8 heteroatoms. The molecule has 1 aliphatic rings. The smallest absolute Gasteiger partial charge is 0.356 e. The first-order valence-electron chi connectivity index (χ1n) is 8.91. The molecule has 3 rings (SSSR count). The summed E-state index contributed by atoms with van der Waals surface area (Å²) in [5, 5.41) is 0. The SMILES string of the molecule is CC(C)OC(=O)c1cncn1C1(N)c2cc(S(C)(=O)=O)ccc2CCC1C. The number of carbonyl (C=O) groups excluding carboxylic acids is 1. The number of hydrogen-bond acceptors (Lipinski definition) is 6. The number of sulfone groups is 1. The summed E-state index contributed by atoms with van der Waals surface area (Å²) in [6.45, 7) is 5.54. The third-order valence-corrected chi connectivity index (χ3v) is 6.24. The van der Waals surface area contributed by atoms with Crippen molar-refractivity contribution in [2.75, 3.05) is 6.26 Å². The second-order valence-electron chi connectivity index (χ2n) is 7.46. The molecule has 1 aromatic heterocycles. The maximum absolute atomic E-state index is 12.5. The van der Waals surface area contributed by atoms with Gasteiger partial charge in [0.1, 0.15) is 11.4 Å². The number of carbonyl (C=O) groups is 1. The van der Waals surface area contributed by atoms with E-state index in [0.29, 0.717) is 5.56 Å². The number of aromatic nitrogens is 2. The number of aryl methyl sites for hydroxylation is 1. The highest BCUT2D eigenvalue weighted by Crippen LogP contribution is 2.40. The Kier molecular flexibility index (Phi) is 4.90. The van der Waals surface area contributed by atoms with E-state index in [1.807, 2.05) is 13.0 Å². The Morgan fingerprint density at radius 3 is 2.74 bits per heavy atom. The van der Waals surface area contributed by atoms with Gasteiger partial charge in [0.25, 0.3) is 0 Å². The van der Waals surface area contributed by atoms with Gasteiger partial charge in [0.15, 0.2) is 9.84 Å². The van der Waals surface area contributed by atoms with E-state index in [9.17, 15) is 13.2 Å². The van der Waals surface area contributed by atoms with Crippen LogP contribution in [0.25, 0.3) is 0 Å². The van der Waals surface area contributed by atoms with Gasteiger partial charge >= 0.3 is 5.97 Å². The lowest BCUT2D eigenvalue weighted by atomic mass is 9.75. The van der Waals surface area contributed by atoms with Gasteiger partial charge in [0, 0.05) is 6.26 Å². The molecule has 1 aliphatic carbocycles. The average molecular weight is 391 g/mol. The number of imidazole rings is 1. The Morgan fingerprint density at radius 1 is 1.41 bits per heavy atom. The summed E-state index contributed by atoms with van der Waals surface area (Å²) >= 11 is 0. The molecule has 0 bridgehead atoms. The van der Waals surface area contributed by atoms with Crippen LogP contribution in [-0.4, -0.2) is 36.3 Å². The van der Waals surface area contributed by atoms with Crippen LogP contribution in [0, 0.1) is 5.92 Å². The molecular weight excluding hydrogens is 366 g/mol. The number of esters is 1. The number of nitrogens with two attached hydrogens (primary N) is 1. The van der Waals surface area contributed by atoms with Crippen molar-refractivity contribution in [3.05, 3.63) is 47.5 Å². The molecule has 7 nitrogen and oxygen atoms in total. The number of benzene rings is 1. The van der Waals surface area contributed by atoms with Gasteiger partial charge in [-0.3, -0.25) is 0 Å². The quantitative estimate of drug-likeness (QED) is 0.801. The summed E-state index contributed by atoms with van der Waals surface area (Å²) in [7, 11) is -3.39. The zero-order chi connectivity index (χ0) is 20.0. The number of hydrogen-bond donors (Lipinski definition) is 1. The van der Waals surface area contributed by atoms with Crippen LogP contribution in [0.4, 0.5) is 0 Å². The van der Waals surface area contributed by atoms with Gasteiger partial charge in [-0.05, 0) is 55.9 Å². The molecule has 2 N–H and O–H groups in total. The van der Waals surface area contributed by atoms with E-state index in [0.717, 1.165) is 18.4 Å². The van der Waals surface area contributed by atoms with Crippen LogP contribution >= 0.6 is 0 Å². The molecule has 0 radical (unpaired) electrons. The molecule has 0 aliphatic heterocycles. The molecule has 2 atom stereocenters. The van der Waals surface area contributed by atoms with Crippen LogP contribution in [-0.2, 0) is 26.7 Å². The maximum atomic E-state index is 12.5. The molecule has 0 spiro atoms. The number of ether oxygens (including phenoxy) is 1. The van der Waals surface area contributed by atoms with E-state index < -0.39 is 21.5 Å². The largest absolute Gasteiger partial charge is 0.458 e. The summed E-state index contributed by atoms with van der Waals surface area (Å²) in [4.78, 5) is 16.9. The molecule has 0 fully saturated rings. The first kappa shape index (κ1) is 19.6. The van der Waals surface area contributed by atoms with E-state index in [2.05, 4.69) is 4.98 Å². The Bertz CT molecular complexity index is 981. The summed E-state index contributed by atoms with van der Waals surface area (Å²) in [5.41, 5.74) is 7.69. The van der Waals surface area contributed by atoms with Gasteiger partial charge in [0.05, 0.1) is 23.5 Å². The van der Waals surface area contributed by atoms with Crippen molar-refractivity contribution in [2.24, 2.45) is 11.7 Å². The fourth-order valence-electron chi connectivity index (χ4n) is 3.62. The Labute approximate surface area is 159 Å². The van der Waals surface area contributed by atoms with Crippen LogP contribution < -0.4 is 5.73 Å². The normalized spacial score (nSPS) is 22.5. The topological polar surface area (TPSA) is 104 Å². The van der Waals surface area contributed by atoms with Crippen molar-refractivity contribution in [1.82, 2.24) is 9.55 Å². The fourth-order valence-corrected chi connectivity index (χ4v) is 4.26. The van der Waals surface area contributed by atoms with Crippen molar-refractivity contribution < 1.29 is 17.9 Å². The minimum Gasteiger partial charge on any atom is -0.458 e. The lowest BCUT2D eigenvalue weighted by Crippen LogP contribution is -2.53. The van der Waals surface area contributed by atoms with E-state index in [1.165, 1.54) is 18.8 Å². The van der Waals surface area contributed by atoms with Crippen LogP contribution in [0.1, 0.15) is 48.8 Å². The monoisotopic (exact) mass is 391 g/mol. The Balaban J connectivity index is 2.20. The zero-order valence-corrected chi connectivity index (χ0v) is 16.8. The van der Waals surface area contributed by atoms with E-state index in [-0.39, 0.29) is 22.6 Å². The molecule has 0 amide bonds. The van der Waals surface area contributed by atoms with Gasteiger partial charge in [-0.25, -0.2) is 18.2 Å². The molecule has 2 unspecified atom stereocenters. The number of nitrogens with zero attached hydrogens (tertiary/aromatic N) is 2. The zero-order valence-electron chi connectivity index (χ0n) is 16.0.